The van der Waals surface area contributed by atoms with Gasteiger partial charge in [0, 0.05) is 10.5 Å². The van der Waals surface area contributed by atoms with Crippen LogP contribution in [0.25, 0.3) is 0 Å². The van der Waals surface area contributed by atoms with Crippen LogP contribution in [0.2, 0.25) is 0 Å². The van der Waals surface area contributed by atoms with Crippen LogP contribution in [-0.2, 0) is 0 Å². The Morgan fingerprint density at radius 2 is 2.17 bits per heavy atom. The van der Waals surface area contributed by atoms with Gasteiger partial charge in [0.05, 0.1) is 0 Å². The Balaban J connectivity index is 2.10. The van der Waals surface area contributed by atoms with Gasteiger partial charge in [0.25, 0.3) is 0 Å². The monoisotopic (exact) mass is 309 g/mol. The highest BCUT2D eigenvalue weighted by Crippen LogP contribution is 2.37. The predicted octanol–water partition coefficient (Wildman–Crippen LogP) is 4.97. The van der Waals surface area contributed by atoms with E-state index in [4.69, 9.17) is 5.73 Å². The first-order valence-corrected chi connectivity index (χ1v) is 7.92. The molecule has 100 valence electrons. The normalized spacial score (nSPS) is 26.0. The van der Waals surface area contributed by atoms with Crippen molar-refractivity contribution in [1.82, 2.24) is 0 Å². The van der Waals surface area contributed by atoms with E-state index in [0.717, 1.165) is 5.92 Å². The van der Waals surface area contributed by atoms with Crippen molar-refractivity contribution in [2.75, 3.05) is 0 Å². The second-order valence-electron chi connectivity index (χ2n) is 5.74. The Labute approximate surface area is 119 Å². The zero-order valence-electron chi connectivity index (χ0n) is 11.5. The lowest BCUT2D eigenvalue weighted by Gasteiger charge is -2.32. The largest absolute Gasteiger partial charge is 0.324 e. The second-order valence-corrected chi connectivity index (χ2v) is 6.59. The molecule has 1 aliphatic carbocycles. The molecule has 0 heterocycles. The van der Waals surface area contributed by atoms with Crippen LogP contribution in [0.15, 0.2) is 22.7 Å². The van der Waals surface area contributed by atoms with E-state index in [0.29, 0.717) is 5.92 Å². The van der Waals surface area contributed by atoms with Gasteiger partial charge in [-0.2, -0.15) is 0 Å². The van der Waals surface area contributed by atoms with Crippen molar-refractivity contribution < 1.29 is 0 Å². The van der Waals surface area contributed by atoms with Gasteiger partial charge in [-0.05, 0) is 48.8 Å². The lowest BCUT2D eigenvalue weighted by Crippen LogP contribution is -2.26. The van der Waals surface area contributed by atoms with Gasteiger partial charge >= 0.3 is 0 Å². The first-order chi connectivity index (χ1) is 8.61. The summed E-state index contributed by atoms with van der Waals surface area (Å²) >= 11 is 3.55. The average molecular weight is 310 g/mol. The summed E-state index contributed by atoms with van der Waals surface area (Å²) in [5.41, 5.74) is 9.08. The molecule has 3 unspecified atom stereocenters. The van der Waals surface area contributed by atoms with Crippen LogP contribution >= 0.6 is 15.9 Å². The molecule has 0 spiro atoms. The molecule has 3 atom stereocenters. The molecule has 1 aromatic rings. The fraction of sp³-hybridized carbons (Fsp3) is 0.625. The van der Waals surface area contributed by atoms with Crippen LogP contribution < -0.4 is 5.73 Å². The van der Waals surface area contributed by atoms with Gasteiger partial charge in [-0.1, -0.05) is 54.2 Å². The van der Waals surface area contributed by atoms with Crippen LogP contribution in [-0.4, -0.2) is 0 Å². The van der Waals surface area contributed by atoms with Crippen molar-refractivity contribution in [2.24, 2.45) is 17.6 Å². The summed E-state index contributed by atoms with van der Waals surface area (Å²) in [4.78, 5) is 0. The fourth-order valence-electron chi connectivity index (χ4n) is 3.18. The van der Waals surface area contributed by atoms with E-state index in [1.165, 1.54) is 47.7 Å². The zero-order chi connectivity index (χ0) is 13.1. The standard InChI is InChI=1S/C16H24BrN/c1-3-12-5-4-6-13(10-12)16(18)14-7-8-15(17)11(2)9-14/h7-9,12-13,16H,3-6,10,18H2,1-2H3. The molecule has 0 amide bonds. The van der Waals surface area contributed by atoms with Crippen LogP contribution in [0.5, 0.6) is 0 Å². The molecular weight excluding hydrogens is 286 g/mol. The van der Waals surface area contributed by atoms with Crippen molar-refractivity contribution in [1.29, 1.82) is 0 Å². The topological polar surface area (TPSA) is 26.0 Å². The molecule has 0 aliphatic heterocycles. The van der Waals surface area contributed by atoms with E-state index >= 15 is 0 Å². The number of halogens is 1. The van der Waals surface area contributed by atoms with E-state index < -0.39 is 0 Å². The molecule has 0 aromatic heterocycles. The van der Waals surface area contributed by atoms with E-state index in [-0.39, 0.29) is 6.04 Å². The maximum atomic E-state index is 6.49. The van der Waals surface area contributed by atoms with E-state index in [9.17, 15) is 0 Å². The summed E-state index contributed by atoms with van der Waals surface area (Å²) in [7, 11) is 0. The molecule has 0 saturated heterocycles. The Morgan fingerprint density at radius 3 is 2.83 bits per heavy atom. The van der Waals surface area contributed by atoms with Gasteiger partial charge in [-0.3, -0.25) is 0 Å². The van der Waals surface area contributed by atoms with Crippen LogP contribution in [0.1, 0.15) is 56.2 Å². The highest BCUT2D eigenvalue weighted by molar-refractivity contribution is 9.10. The van der Waals surface area contributed by atoms with Gasteiger partial charge in [-0.25, -0.2) is 0 Å². The quantitative estimate of drug-likeness (QED) is 0.837. The minimum atomic E-state index is 0.214. The van der Waals surface area contributed by atoms with E-state index in [1.54, 1.807) is 0 Å². The summed E-state index contributed by atoms with van der Waals surface area (Å²) < 4.78 is 1.17. The number of hydrogen-bond donors (Lipinski definition) is 1. The minimum Gasteiger partial charge on any atom is -0.324 e. The van der Waals surface area contributed by atoms with Gasteiger partial charge in [0.15, 0.2) is 0 Å². The first-order valence-electron chi connectivity index (χ1n) is 7.13. The fourth-order valence-corrected chi connectivity index (χ4v) is 3.42. The third-order valence-corrected chi connectivity index (χ3v) is 5.37. The molecule has 1 saturated carbocycles. The van der Waals surface area contributed by atoms with Crippen molar-refractivity contribution >= 4 is 15.9 Å². The lowest BCUT2D eigenvalue weighted by atomic mass is 9.75. The average Bonchev–Trinajstić information content (AvgIpc) is 2.41. The summed E-state index contributed by atoms with van der Waals surface area (Å²) in [6.07, 6.45) is 6.67. The van der Waals surface area contributed by atoms with Crippen molar-refractivity contribution in [3.05, 3.63) is 33.8 Å². The molecule has 2 rings (SSSR count). The number of nitrogens with two attached hydrogens (primary N) is 1. The number of benzene rings is 1. The molecule has 2 heteroatoms. The maximum absolute atomic E-state index is 6.49. The van der Waals surface area contributed by atoms with Crippen LogP contribution in [0.3, 0.4) is 0 Å². The maximum Gasteiger partial charge on any atom is 0.0323 e. The van der Waals surface area contributed by atoms with Crippen molar-refractivity contribution in [3.8, 4) is 0 Å². The molecule has 2 N–H and O–H groups in total. The number of rotatable bonds is 3. The molecule has 1 fully saturated rings. The minimum absolute atomic E-state index is 0.214. The number of hydrogen-bond acceptors (Lipinski definition) is 1. The smallest absolute Gasteiger partial charge is 0.0323 e. The molecule has 1 aliphatic rings. The van der Waals surface area contributed by atoms with Crippen LogP contribution in [0.4, 0.5) is 0 Å². The van der Waals surface area contributed by atoms with Gasteiger partial charge in [0.2, 0.25) is 0 Å². The van der Waals surface area contributed by atoms with Gasteiger partial charge in [-0.15, -0.1) is 0 Å². The van der Waals surface area contributed by atoms with Crippen molar-refractivity contribution in [3.63, 3.8) is 0 Å². The molecule has 0 bridgehead atoms. The third kappa shape index (κ3) is 3.16. The Morgan fingerprint density at radius 1 is 1.39 bits per heavy atom. The Bertz CT molecular complexity index is 402. The number of aryl methyl sites for hydroxylation is 1. The molecular formula is C16H24BrN. The summed E-state index contributed by atoms with van der Waals surface area (Å²) in [6.45, 7) is 4.44. The van der Waals surface area contributed by atoms with E-state index in [1.807, 2.05) is 0 Å². The summed E-state index contributed by atoms with van der Waals surface area (Å²) in [5.74, 6) is 1.57. The summed E-state index contributed by atoms with van der Waals surface area (Å²) in [5, 5.41) is 0. The highest BCUT2D eigenvalue weighted by atomic mass is 79.9. The van der Waals surface area contributed by atoms with Crippen LogP contribution in [0, 0.1) is 18.8 Å². The van der Waals surface area contributed by atoms with Crippen molar-refractivity contribution in [2.45, 2.75) is 52.0 Å². The highest BCUT2D eigenvalue weighted by Gasteiger charge is 2.26. The molecule has 18 heavy (non-hydrogen) atoms. The molecule has 0 radical (unpaired) electrons. The molecule has 1 nitrogen and oxygen atoms in total. The predicted molar refractivity (Wildman–Crippen MR) is 81.5 cm³/mol. The first kappa shape index (κ1) is 14.1. The lowest BCUT2D eigenvalue weighted by molar-refractivity contribution is 0.230. The third-order valence-electron chi connectivity index (χ3n) is 4.48. The summed E-state index contributed by atoms with van der Waals surface area (Å²) in [6, 6.07) is 6.76. The Hall–Kier alpha value is -0.340. The van der Waals surface area contributed by atoms with Gasteiger partial charge in [0.1, 0.15) is 0 Å². The van der Waals surface area contributed by atoms with E-state index in [2.05, 4.69) is 48.0 Å². The SMILES string of the molecule is CCC1CCCC(C(N)c2ccc(Br)c(C)c2)C1. The zero-order valence-corrected chi connectivity index (χ0v) is 13.0. The molecule has 1 aromatic carbocycles. The Kier molecular flexibility index (Phi) is 4.85. The van der Waals surface area contributed by atoms with Gasteiger partial charge < -0.3 is 5.73 Å². The second kappa shape index (κ2) is 6.21.